The molecule has 1 amide bonds. The molecule has 3 rings (SSSR count). The number of aromatic nitrogens is 2. The normalized spacial score (nSPS) is 11.3. The lowest BCUT2D eigenvalue weighted by Gasteiger charge is -2.14. The fraction of sp³-hybridized carbons (Fsp3) is 0.150. The fourth-order valence-electron chi connectivity index (χ4n) is 2.70. The van der Waals surface area contributed by atoms with E-state index in [1.807, 2.05) is 13.0 Å². The first-order valence-electron chi connectivity index (χ1n) is 8.44. The van der Waals surface area contributed by atoms with Gasteiger partial charge < -0.3 is 15.5 Å². The van der Waals surface area contributed by atoms with E-state index in [0.29, 0.717) is 5.75 Å². The van der Waals surface area contributed by atoms with E-state index in [9.17, 15) is 22.8 Å². The number of alkyl halides is 3. The van der Waals surface area contributed by atoms with Gasteiger partial charge in [0.2, 0.25) is 0 Å². The number of ether oxygens (including phenoxy) is 1. The minimum atomic E-state index is -4.82. The molecular formula is C20H16F3N3O3. The zero-order valence-electron chi connectivity index (χ0n) is 15.2. The average Bonchev–Trinajstić information content (AvgIpc) is 2.67. The number of benzene rings is 1. The molecule has 0 saturated carbocycles. The summed E-state index contributed by atoms with van der Waals surface area (Å²) in [7, 11) is 0. The lowest BCUT2D eigenvalue weighted by atomic mass is 10.0. The Morgan fingerprint density at radius 1 is 1.21 bits per heavy atom. The van der Waals surface area contributed by atoms with Crippen molar-refractivity contribution >= 4 is 5.91 Å². The van der Waals surface area contributed by atoms with Crippen LogP contribution in [-0.2, 0) is 12.8 Å². The third kappa shape index (κ3) is 4.45. The minimum Gasteiger partial charge on any atom is -0.489 e. The molecule has 3 aromatic rings. The molecule has 9 heteroatoms. The van der Waals surface area contributed by atoms with Crippen molar-refractivity contribution in [1.82, 2.24) is 9.97 Å². The van der Waals surface area contributed by atoms with E-state index >= 15 is 0 Å². The van der Waals surface area contributed by atoms with Gasteiger partial charge in [-0.3, -0.25) is 14.6 Å². The number of hydrogen-bond acceptors (Lipinski definition) is 4. The van der Waals surface area contributed by atoms with Crippen molar-refractivity contribution in [2.75, 3.05) is 0 Å². The van der Waals surface area contributed by atoms with Crippen molar-refractivity contribution in [3.63, 3.8) is 0 Å². The molecule has 0 aliphatic carbocycles. The smallest absolute Gasteiger partial charge is 0.431 e. The summed E-state index contributed by atoms with van der Waals surface area (Å²) in [5, 5.41) is 0. The Morgan fingerprint density at radius 2 is 1.90 bits per heavy atom. The molecule has 1 aromatic carbocycles. The van der Waals surface area contributed by atoms with Crippen molar-refractivity contribution in [2.24, 2.45) is 5.73 Å². The topological polar surface area (TPSA) is 98.1 Å². The van der Waals surface area contributed by atoms with E-state index in [2.05, 4.69) is 4.98 Å². The Balaban J connectivity index is 1.93. The third-order valence-corrected chi connectivity index (χ3v) is 4.30. The van der Waals surface area contributed by atoms with E-state index < -0.39 is 28.9 Å². The number of nitrogens with zero attached hydrogens (tertiary/aromatic N) is 1. The first kappa shape index (κ1) is 20.1. The largest absolute Gasteiger partial charge is 0.489 e. The summed E-state index contributed by atoms with van der Waals surface area (Å²) < 4.78 is 45.7. The van der Waals surface area contributed by atoms with Gasteiger partial charge in [0.05, 0.1) is 0 Å². The van der Waals surface area contributed by atoms with Gasteiger partial charge in [-0.2, -0.15) is 13.2 Å². The molecule has 0 bridgehead atoms. The molecule has 0 atom stereocenters. The van der Waals surface area contributed by atoms with Gasteiger partial charge in [-0.1, -0.05) is 12.1 Å². The summed E-state index contributed by atoms with van der Waals surface area (Å²) in [6.07, 6.45) is -1.49. The Hall–Kier alpha value is -3.62. The number of nitrogens with one attached hydrogen (secondary N) is 1. The van der Waals surface area contributed by atoms with E-state index in [1.165, 1.54) is 24.3 Å². The highest BCUT2D eigenvalue weighted by Crippen LogP contribution is 2.35. The van der Waals surface area contributed by atoms with Gasteiger partial charge in [0.15, 0.2) is 0 Å². The van der Waals surface area contributed by atoms with Crippen LogP contribution in [0.1, 0.15) is 27.2 Å². The maximum Gasteiger partial charge on any atom is 0.431 e. The third-order valence-electron chi connectivity index (χ3n) is 4.30. The van der Waals surface area contributed by atoms with Crippen LogP contribution < -0.4 is 16.0 Å². The molecule has 0 unspecified atom stereocenters. The highest BCUT2D eigenvalue weighted by Gasteiger charge is 2.36. The molecular weight excluding hydrogens is 387 g/mol. The van der Waals surface area contributed by atoms with Gasteiger partial charge in [0, 0.05) is 23.5 Å². The molecule has 6 nitrogen and oxygen atoms in total. The van der Waals surface area contributed by atoms with E-state index in [0.717, 1.165) is 17.2 Å². The zero-order valence-corrected chi connectivity index (χ0v) is 15.2. The van der Waals surface area contributed by atoms with Gasteiger partial charge >= 0.3 is 6.18 Å². The second-order valence-electron chi connectivity index (χ2n) is 6.28. The lowest BCUT2D eigenvalue weighted by Crippen LogP contribution is -2.27. The Morgan fingerprint density at radius 3 is 2.48 bits per heavy atom. The summed E-state index contributed by atoms with van der Waals surface area (Å²) in [6, 6.07) is 8.48. The maximum atomic E-state index is 13.4. The predicted octanol–water partition coefficient (Wildman–Crippen LogP) is 3.44. The van der Waals surface area contributed by atoms with Crippen LogP contribution >= 0.6 is 0 Å². The van der Waals surface area contributed by atoms with E-state index in [1.54, 1.807) is 17.4 Å². The standard InChI is InChI=1S/C20H16F3N3O3/c1-11-6-7-25-9-13(11)10-29-14-4-2-12(3-5-14)15-8-16(18(24)27)19(28)26-17(15)20(21,22)23/h2-9H,10H2,1H3,(H2,24,27)(H,26,28). The van der Waals surface area contributed by atoms with E-state index in [4.69, 9.17) is 10.5 Å². The monoisotopic (exact) mass is 403 g/mol. The second kappa shape index (κ2) is 7.78. The quantitative estimate of drug-likeness (QED) is 0.682. The predicted molar refractivity (Wildman–Crippen MR) is 99.3 cm³/mol. The number of amides is 1. The first-order valence-corrected chi connectivity index (χ1v) is 8.44. The summed E-state index contributed by atoms with van der Waals surface area (Å²) in [5.74, 6) is -0.682. The number of nitrogens with two attached hydrogens (primary N) is 1. The average molecular weight is 403 g/mol. The Bertz CT molecular complexity index is 1110. The van der Waals surface area contributed by atoms with Crippen LogP contribution in [0.4, 0.5) is 13.2 Å². The highest BCUT2D eigenvalue weighted by molar-refractivity contribution is 5.94. The number of pyridine rings is 2. The molecule has 29 heavy (non-hydrogen) atoms. The molecule has 0 spiro atoms. The van der Waals surface area contributed by atoms with Crippen LogP contribution in [0.15, 0.2) is 53.6 Å². The van der Waals surface area contributed by atoms with Crippen LogP contribution in [0.5, 0.6) is 5.75 Å². The van der Waals surface area contributed by atoms with E-state index in [-0.39, 0.29) is 17.7 Å². The van der Waals surface area contributed by atoms with Gasteiger partial charge in [0.25, 0.3) is 11.5 Å². The molecule has 0 radical (unpaired) electrons. The summed E-state index contributed by atoms with van der Waals surface area (Å²) in [4.78, 5) is 28.8. The van der Waals surface area contributed by atoms with Crippen molar-refractivity contribution < 1.29 is 22.7 Å². The van der Waals surface area contributed by atoms with Gasteiger partial charge in [0.1, 0.15) is 23.6 Å². The molecule has 2 heterocycles. The molecule has 3 N–H and O–H groups in total. The number of carbonyl (C=O) groups excluding carboxylic acids is 1. The minimum absolute atomic E-state index is 0.140. The first-order chi connectivity index (χ1) is 13.7. The Kier molecular flexibility index (Phi) is 5.40. The van der Waals surface area contributed by atoms with Crippen LogP contribution in [0.2, 0.25) is 0 Å². The molecule has 0 saturated heterocycles. The van der Waals surface area contributed by atoms with Gasteiger partial charge in [-0.15, -0.1) is 0 Å². The number of aryl methyl sites for hydroxylation is 1. The number of primary amides is 1. The maximum absolute atomic E-state index is 13.4. The van der Waals surface area contributed by atoms with Crippen molar-refractivity contribution in [1.29, 1.82) is 0 Å². The van der Waals surface area contributed by atoms with Crippen LogP contribution in [-0.4, -0.2) is 15.9 Å². The lowest BCUT2D eigenvalue weighted by molar-refractivity contribution is -0.140. The van der Waals surface area contributed by atoms with Crippen LogP contribution in [0.3, 0.4) is 0 Å². The number of halogens is 3. The SMILES string of the molecule is Cc1ccncc1COc1ccc(-c2cc(C(N)=O)c(=O)[nH]c2C(F)(F)F)cc1. The summed E-state index contributed by atoms with van der Waals surface area (Å²) >= 11 is 0. The second-order valence-corrected chi connectivity index (χ2v) is 6.28. The van der Waals surface area contributed by atoms with Gasteiger partial charge in [-0.25, -0.2) is 0 Å². The number of H-pyrrole nitrogens is 1. The molecule has 2 aromatic heterocycles. The number of rotatable bonds is 5. The highest BCUT2D eigenvalue weighted by atomic mass is 19.4. The number of aromatic amines is 1. The Labute approximate surface area is 163 Å². The molecule has 0 aliphatic heterocycles. The molecule has 0 fully saturated rings. The van der Waals surface area contributed by atoms with Crippen LogP contribution in [0.25, 0.3) is 11.1 Å². The van der Waals surface area contributed by atoms with Gasteiger partial charge in [-0.05, 0) is 42.3 Å². The molecule has 150 valence electrons. The zero-order chi connectivity index (χ0) is 21.2. The summed E-state index contributed by atoms with van der Waals surface area (Å²) in [5.41, 5.74) is 3.74. The fourth-order valence-corrected chi connectivity index (χ4v) is 2.70. The van der Waals surface area contributed by atoms with Crippen molar-refractivity contribution in [2.45, 2.75) is 19.7 Å². The van der Waals surface area contributed by atoms with Crippen LogP contribution in [0, 0.1) is 6.92 Å². The summed E-state index contributed by atoms with van der Waals surface area (Å²) in [6.45, 7) is 2.16. The van der Waals surface area contributed by atoms with Crippen molar-refractivity contribution in [3.05, 3.63) is 81.5 Å². The van der Waals surface area contributed by atoms with Crippen molar-refractivity contribution in [3.8, 4) is 16.9 Å². The number of carbonyl (C=O) groups is 1. The number of hydrogen-bond donors (Lipinski definition) is 2. The molecule has 0 aliphatic rings.